The Morgan fingerprint density at radius 3 is 2.15 bits per heavy atom. The lowest BCUT2D eigenvalue weighted by molar-refractivity contribution is 0.166. The molecular formula is C15H25BrN2O2. The van der Waals surface area contributed by atoms with Crippen LogP contribution in [0.4, 0.5) is 0 Å². The van der Waals surface area contributed by atoms with Crippen molar-refractivity contribution < 1.29 is 9.47 Å². The van der Waals surface area contributed by atoms with E-state index in [2.05, 4.69) is 41.6 Å². The lowest BCUT2D eigenvalue weighted by Crippen LogP contribution is -2.38. The second-order valence-electron chi connectivity index (χ2n) is 4.90. The highest BCUT2D eigenvalue weighted by atomic mass is 79.9. The summed E-state index contributed by atoms with van der Waals surface area (Å²) in [4.78, 5) is 2.37. The SMILES string of the molecule is CCN(C(C)C)C(CN)c1cc(OC)c(OC)cc1Br. The molecule has 4 nitrogen and oxygen atoms in total. The maximum absolute atomic E-state index is 6.02. The maximum atomic E-state index is 6.02. The monoisotopic (exact) mass is 344 g/mol. The molecule has 0 amide bonds. The van der Waals surface area contributed by atoms with Crippen molar-refractivity contribution in [3.8, 4) is 11.5 Å². The van der Waals surface area contributed by atoms with Crippen LogP contribution in [0.15, 0.2) is 16.6 Å². The van der Waals surface area contributed by atoms with Crippen LogP contribution in [0, 0.1) is 0 Å². The van der Waals surface area contributed by atoms with Gasteiger partial charge < -0.3 is 15.2 Å². The van der Waals surface area contributed by atoms with Crippen LogP contribution in [0.2, 0.25) is 0 Å². The summed E-state index contributed by atoms with van der Waals surface area (Å²) in [5.41, 5.74) is 7.14. The molecule has 114 valence electrons. The molecule has 0 aromatic heterocycles. The van der Waals surface area contributed by atoms with Crippen molar-refractivity contribution >= 4 is 15.9 Å². The molecule has 1 aromatic rings. The van der Waals surface area contributed by atoms with Crippen LogP contribution in [0.5, 0.6) is 11.5 Å². The van der Waals surface area contributed by atoms with Crippen LogP contribution in [-0.4, -0.2) is 38.3 Å². The van der Waals surface area contributed by atoms with Crippen molar-refractivity contribution in [2.24, 2.45) is 5.73 Å². The first-order valence-electron chi connectivity index (χ1n) is 6.87. The molecular weight excluding hydrogens is 320 g/mol. The predicted molar refractivity (Wildman–Crippen MR) is 86.6 cm³/mol. The quantitative estimate of drug-likeness (QED) is 0.825. The molecule has 5 heteroatoms. The minimum absolute atomic E-state index is 0.147. The summed E-state index contributed by atoms with van der Waals surface area (Å²) >= 11 is 3.62. The lowest BCUT2D eigenvalue weighted by atomic mass is 10.0. The Morgan fingerprint density at radius 1 is 1.20 bits per heavy atom. The first kappa shape index (κ1) is 17.3. The number of likely N-dealkylation sites (N-methyl/N-ethyl adjacent to an activating group) is 1. The summed E-state index contributed by atoms with van der Waals surface area (Å²) in [7, 11) is 3.28. The molecule has 20 heavy (non-hydrogen) atoms. The Balaban J connectivity index is 3.27. The van der Waals surface area contributed by atoms with E-state index < -0.39 is 0 Å². The van der Waals surface area contributed by atoms with E-state index in [4.69, 9.17) is 15.2 Å². The predicted octanol–water partition coefficient (Wildman–Crippen LogP) is 3.20. The van der Waals surface area contributed by atoms with Gasteiger partial charge in [0.15, 0.2) is 11.5 Å². The van der Waals surface area contributed by atoms with Crippen LogP contribution in [0.3, 0.4) is 0 Å². The molecule has 0 spiro atoms. The zero-order chi connectivity index (χ0) is 15.3. The lowest BCUT2D eigenvalue weighted by Gasteiger charge is -2.34. The van der Waals surface area contributed by atoms with Crippen molar-refractivity contribution in [1.29, 1.82) is 0 Å². The first-order valence-corrected chi connectivity index (χ1v) is 7.66. The van der Waals surface area contributed by atoms with Gasteiger partial charge in [-0.1, -0.05) is 22.9 Å². The van der Waals surface area contributed by atoms with Gasteiger partial charge in [0.25, 0.3) is 0 Å². The number of nitrogens with two attached hydrogens (primary N) is 1. The maximum Gasteiger partial charge on any atom is 0.161 e. The van der Waals surface area contributed by atoms with Crippen LogP contribution < -0.4 is 15.2 Å². The third-order valence-corrected chi connectivity index (χ3v) is 4.20. The van der Waals surface area contributed by atoms with Gasteiger partial charge in [-0.05, 0) is 38.1 Å². The van der Waals surface area contributed by atoms with Crippen LogP contribution in [-0.2, 0) is 0 Å². The van der Waals surface area contributed by atoms with Gasteiger partial charge in [0.2, 0.25) is 0 Å². The standard InChI is InChI=1S/C15H25BrN2O2/c1-6-18(10(2)3)13(9-17)11-7-14(19-4)15(20-5)8-12(11)16/h7-8,10,13H,6,9,17H2,1-5H3. The Bertz CT molecular complexity index is 438. The van der Waals surface area contributed by atoms with Crippen molar-refractivity contribution in [3.05, 3.63) is 22.2 Å². The summed E-state index contributed by atoms with van der Waals surface area (Å²) < 4.78 is 11.7. The topological polar surface area (TPSA) is 47.7 Å². The largest absolute Gasteiger partial charge is 0.493 e. The van der Waals surface area contributed by atoms with E-state index in [9.17, 15) is 0 Å². The molecule has 1 atom stereocenters. The van der Waals surface area contributed by atoms with E-state index in [1.807, 2.05) is 12.1 Å². The molecule has 0 heterocycles. The molecule has 1 rings (SSSR count). The minimum Gasteiger partial charge on any atom is -0.493 e. The third-order valence-electron chi connectivity index (χ3n) is 3.51. The second kappa shape index (κ2) is 7.86. The average molecular weight is 345 g/mol. The first-order chi connectivity index (χ1) is 9.49. The second-order valence-corrected chi connectivity index (χ2v) is 5.76. The van der Waals surface area contributed by atoms with E-state index in [1.165, 1.54) is 0 Å². The van der Waals surface area contributed by atoms with E-state index in [0.29, 0.717) is 18.3 Å². The molecule has 0 bridgehead atoms. The Hall–Kier alpha value is -0.780. The number of ether oxygens (including phenoxy) is 2. The highest BCUT2D eigenvalue weighted by Crippen LogP contribution is 2.37. The molecule has 1 unspecified atom stereocenters. The van der Waals surface area contributed by atoms with Crippen molar-refractivity contribution in [1.82, 2.24) is 4.90 Å². The van der Waals surface area contributed by atoms with Crippen molar-refractivity contribution in [3.63, 3.8) is 0 Å². The molecule has 0 saturated heterocycles. The van der Waals surface area contributed by atoms with Crippen LogP contribution in [0.25, 0.3) is 0 Å². The summed E-state index contributed by atoms with van der Waals surface area (Å²) in [6.07, 6.45) is 0. The van der Waals surface area contributed by atoms with E-state index >= 15 is 0 Å². The van der Waals surface area contributed by atoms with Gasteiger partial charge in [-0.25, -0.2) is 0 Å². The van der Waals surface area contributed by atoms with Gasteiger partial charge >= 0.3 is 0 Å². The highest BCUT2D eigenvalue weighted by Gasteiger charge is 2.24. The average Bonchev–Trinajstić information content (AvgIpc) is 2.44. The van der Waals surface area contributed by atoms with Gasteiger partial charge in [0.05, 0.1) is 14.2 Å². The smallest absolute Gasteiger partial charge is 0.161 e. The molecule has 0 saturated carbocycles. The Labute approximate surface area is 130 Å². The van der Waals surface area contributed by atoms with Gasteiger partial charge in [0, 0.05) is 23.1 Å². The van der Waals surface area contributed by atoms with Crippen molar-refractivity contribution in [2.75, 3.05) is 27.3 Å². The Kier molecular flexibility index (Phi) is 6.79. The fourth-order valence-electron chi connectivity index (χ4n) is 2.51. The normalized spacial score (nSPS) is 12.8. The molecule has 0 aliphatic carbocycles. The molecule has 2 N–H and O–H groups in total. The van der Waals surface area contributed by atoms with Gasteiger partial charge in [-0.15, -0.1) is 0 Å². The minimum atomic E-state index is 0.147. The van der Waals surface area contributed by atoms with Gasteiger partial charge in [0.1, 0.15) is 0 Å². The summed E-state index contributed by atoms with van der Waals surface area (Å²) in [6.45, 7) is 8.01. The summed E-state index contributed by atoms with van der Waals surface area (Å²) in [5.74, 6) is 1.44. The van der Waals surface area contributed by atoms with E-state index in [1.54, 1.807) is 14.2 Å². The summed E-state index contributed by atoms with van der Waals surface area (Å²) in [6, 6.07) is 4.51. The molecule has 1 aromatic carbocycles. The fraction of sp³-hybridized carbons (Fsp3) is 0.600. The number of benzene rings is 1. The number of halogens is 1. The number of nitrogens with zero attached hydrogens (tertiary/aromatic N) is 1. The number of rotatable bonds is 7. The van der Waals surface area contributed by atoms with Gasteiger partial charge in [-0.3, -0.25) is 4.90 Å². The number of methoxy groups -OCH3 is 2. The number of hydrogen-bond acceptors (Lipinski definition) is 4. The van der Waals surface area contributed by atoms with E-state index in [0.717, 1.165) is 22.3 Å². The zero-order valence-corrected chi connectivity index (χ0v) is 14.5. The van der Waals surface area contributed by atoms with E-state index in [-0.39, 0.29) is 6.04 Å². The molecule has 0 aliphatic rings. The van der Waals surface area contributed by atoms with Crippen molar-refractivity contribution in [2.45, 2.75) is 32.9 Å². The highest BCUT2D eigenvalue weighted by molar-refractivity contribution is 9.10. The molecule has 0 fully saturated rings. The number of hydrogen-bond donors (Lipinski definition) is 1. The summed E-state index contributed by atoms with van der Waals surface area (Å²) in [5, 5.41) is 0. The third kappa shape index (κ3) is 3.65. The molecule has 0 radical (unpaired) electrons. The fourth-order valence-corrected chi connectivity index (χ4v) is 3.10. The van der Waals surface area contributed by atoms with Gasteiger partial charge in [-0.2, -0.15) is 0 Å². The zero-order valence-electron chi connectivity index (χ0n) is 12.9. The van der Waals surface area contributed by atoms with Crippen LogP contribution in [0.1, 0.15) is 32.4 Å². The van der Waals surface area contributed by atoms with Crippen LogP contribution >= 0.6 is 15.9 Å². The molecule has 0 aliphatic heterocycles. The Morgan fingerprint density at radius 2 is 1.75 bits per heavy atom.